The maximum Gasteiger partial charge on any atom is 0.311 e. The van der Waals surface area contributed by atoms with E-state index in [4.69, 9.17) is 9.47 Å². The van der Waals surface area contributed by atoms with Crippen molar-refractivity contribution in [2.24, 2.45) is 23.2 Å². The predicted octanol–water partition coefficient (Wildman–Crippen LogP) is 3.58. The lowest BCUT2D eigenvalue weighted by Crippen LogP contribution is -2.55. The van der Waals surface area contributed by atoms with E-state index in [0.717, 1.165) is 38.9 Å². The Bertz CT molecular complexity index is 881. The molecule has 1 aromatic rings. The molecule has 0 amide bonds. The van der Waals surface area contributed by atoms with Crippen LogP contribution in [-0.2, 0) is 20.7 Å². The highest BCUT2D eigenvalue weighted by Crippen LogP contribution is 2.70. The van der Waals surface area contributed by atoms with Crippen molar-refractivity contribution in [2.75, 3.05) is 19.6 Å². The van der Waals surface area contributed by atoms with E-state index in [1.807, 2.05) is 18.2 Å². The number of carbonyl (C=O) groups is 1. The van der Waals surface area contributed by atoms with E-state index < -0.39 is 5.60 Å². The lowest BCUT2D eigenvalue weighted by molar-refractivity contribution is -0.146. The molecule has 5 aliphatic rings. The smallest absolute Gasteiger partial charge is 0.311 e. The van der Waals surface area contributed by atoms with E-state index in [0.29, 0.717) is 12.3 Å². The number of aliphatic hydroxyl groups is 1. The van der Waals surface area contributed by atoms with Crippen LogP contribution in [0.2, 0.25) is 0 Å². The molecule has 1 aromatic carbocycles. The fraction of sp³-hybridized carbons (Fsp3) is 0.741. The van der Waals surface area contributed by atoms with Gasteiger partial charge < -0.3 is 19.5 Å². The van der Waals surface area contributed by atoms with Crippen molar-refractivity contribution >= 4 is 5.97 Å². The summed E-state index contributed by atoms with van der Waals surface area (Å²) in [6.45, 7) is 7.12. The van der Waals surface area contributed by atoms with E-state index in [2.05, 4.69) is 30.9 Å². The number of epoxide rings is 1. The summed E-state index contributed by atoms with van der Waals surface area (Å²) < 4.78 is 12.6. The van der Waals surface area contributed by atoms with Gasteiger partial charge in [0.25, 0.3) is 0 Å². The Hall–Kier alpha value is -1.43. The number of benzene rings is 1. The third-order valence-corrected chi connectivity index (χ3v) is 9.81. The fourth-order valence-electron chi connectivity index (χ4n) is 8.03. The summed E-state index contributed by atoms with van der Waals surface area (Å²) in [6.07, 6.45) is 7.02. The average molecular weight is 440 g/mol. The Morgan fingerprint density at radius 2 is 1.91 bits per heavy atom. The van der Waals surface area contributed by atoms with Crippen LogP contribution in [0.4, 0.5) is 0 Å². The second kappa shape index (κ2) is 7.28. The van der Waals surface area contributed by atoms with E-state index >= 15 is 0 Å². The Morgan fingerprint density at radius 3 is 2.66 bits per heavy atom. The number of esters is 1. The molecule has 0 bridgehead atoms. The zero-order chi connectivity index (χ0) is 22.1. The molecule has 3 heterocycles. The van der Waals surface area contributed by atoms with Crippen LogP contribution in [0, 0.1) is 23.2 Å². The standard InChI is InChI=1S/C27H37NO4/c1-18-7-6-10-25(2)16-21-22(23-27(18,25)32-23)20(24(29)31-21)17-28-13-11-26(30,12-14-28)15-19-8-4-3-5-9-19/h3-5,8-9,18,20-23,30H,6-7,10-17H2,1-2H3/t18-,20-,21-,22+,23-,25+,27+/m1/s1. The molecule has 174 valence electrons. The normalized spacial score (nSPS) is 44.8. The molecular formula is C27H37NO4. The first kappa shape index (κ1) is 21.1. The topological polar surface area (TPSA) is 62.3 Å². The van der Waals surface area contributed by atoms with Crippen molar-refractivity contribution in [2.45, 2.75) is 82.2 Å². The lowest BCUT2D eigenvalue weighted by atomic mass is 9.53. The maximum atomic E-state index is 13.0. The molecule has 0 aromatic heterocycles. The number of hydrogen-bond acceptors (Lipinski definition) is 5. The Kier molecular flexibility index (Phi) is 4.81. The number of hydrogen-bond donors (Lipinski definition) is 1. The molecule has 5 heteroatoms. The van der Waals surface area contributed by atoms with Gasteiger partial charge in [0.05, 0.1) is 17.6 Å². The summed E-state index contributed by atoms with van der Waals surface area (Å²) in [5.74, 6) is 0.641. The van der Waals surface area contributed by atoms with Crippen LogP contribution >= 0.6 is 0 Å². The Morgan fingerprint density at radius 1 is 1.16 bits per heavy atom. The molecule has 2 aliphatic carbocycles. The van der Waals surface area contributed by atoms with E-state index in [1.54, 1.807) is 0 Å². The van der Waals surface area contributed by atoms with Crippen LogP contribution in [-0.4, -0.2) is 59.0 Å². The number of rotatable bonds is 4. The molecule has 3 aliphatic heterocycles. The van der Waals surface area contributed by atoms with Crippen molar-refractivity contribution in [3.8, 4) is 0 Å². The van der Waals surface area contributed by atoms with Crippen molar-refractivity contribution in [3.63, 3.8) is 0 Å². The second-order valence-electron chi connectivity index (χ2n) is 11.7. The molecule has 1 spiro atoms. The van der Waals surface area contributed by atoms with E-state index in [1.165, 1.54) is 24.8 Å². The monoisotopic (exact) mass is 439 g/mol. The third-order valence-electron chi connectivity index (χ3n) is 9.81. The fourth-order valence-corrected chi connectivity index (χ4v) is 8.03. The van der Waals surface area contributed by atoms with Gasteiger partial charge in [0.1, 0.15) is 11.7 Å². The summed E-state index contributed by atoms with van der Waals surface area (Å²) in [7, 11) is 0. The van der Waals surface area contributed by atoms with Gasteiger partial charge in [-0.1, -0.05) is 50.6 Å². The zero-order valence-corrected chi connectivity index (χ0v) is 19.5. The van der Waals surface area contributed by atoms with Gasteiger partial charge in [0, 0.05) is 37.4 Å². The van der Waals surface area contributed by atoms with Gasteiger partial charge in [-0.05, 0) is 43.6 Å². The summed E-state index contributed by atoms with van der Waals surface area (Å²) in [5, 5.41) is 11.1. The van der Waals surface area contributed by atoms with E-state index in [9.17, 15) is 9.90 Å². The summed E-state index contributed by atoms with van der Waals surface area (Å²) in [6, 6.07) is 10.3. The van der Waals surface area contributed by atoms with Gasteiger partial charge >= 0.3 is 5.97 Å². The van der Waals surface area contributed by atoms with Crippen LogP contribution in [0.25, 0.3) is 0 Å². The van der Waals surface area contributed by atoms with Crippen molar-refractivity contribution in [3.05, 3.63) is 35.9 Å². The quantitative estimate of drug-likeness (QED) is 0.574. The van der Waals surface area contributed by atoms with Crippen LogP contribution < -0.4 is 0 Å². The van der Waals surface area contributed by atoms with E-state index in [-0.39, 0.29) is 41.0 Å². The van der Waals surface area contributed by atoms with Crippen molar-refractivity contribution in [1.29, 1.82) is 0 Å². The number of carbonyl (C=O) groups excluding carboxylic acids is 1. The first-order valence-corrected chi connectivity index (χ1v) is 12.7. The highest BCUT2D eigenvalue weighted by molar-refractivity contribution is 5.76. The van der Waals surface area contributed by atoms with Crippen molar-refractivity contribution in [1.82, 2.24) is 4.90 Å². The molecule has 5 nitrogen and oxygen atoms in total. The van der Waals surface area contributed by atoms with Crippen LogP contribution in [0.15, 0.2) is 30.3 Å². The molecule has 3 saturated heterocycles. The third kappa shape index (κ3) is 3.11. The van der Waals surface area contributed by atoms with Gasteiger partial charge in [-0.15, -0.1) is 0 Å². The maximum absolute atomic E-state index is 13.0. The van der Waals surface area contributed by atoms with Gasteiger partial charge in [-0.2, -0.15) is 0 Å². The zero-order valence-electron chi connectivity index (χ0n) is 19.5. The molecule has 0 unspecified atom stereocenters. The SMILES string of the molecule is C[C@@H]1CCC[C@@]2(C)C[C@H]3OC(=O)[C@H](CN4CCC(O)(Cc5ccccc5)CC4)[C@@H]3[C@H]3O[C@@]132. The number of likely N-dealkylation sites (tertiary alicyclic amines) is 1. The molecule has 6 rings (SSSR count). The summed E-state index contributed by atoms with van der Waals surface area (Å²) in [5.41, 5.74) is 0.653. The molecule has 7 atom stereocenters. The minimum atomic E-state index is -0.648. The molecule has 5 fully saturated rings. The Balaban J connectivity index is 1.12. The second-order valence-corrected chi connectivity index (χ2v) is 11.7. The molecule has 32 heavy (non-hydrogen) atoms. The average Bonchev–Trinajstić information content (AvgIpc) is 3.45. The first-order chi connectivity index (χ1) is 15.3. The van der Waals surface area contributed by atoms with Crippen LogP contribution in [0.3, 0.4) is 0 Å². The minimum absolute atomic E-state index is 0.0169. The van der Waals surface area contributed by atoms with Crippen LogP contribution in [0.1, 0.15) is 57.9 Å². The minimum Gasteiger partial charge on any atom is -0.462 e. The van der Waals surface area contributed by atoms with Gasteiger partial charge in [-0.25, -0.2) is 0 Å². The molecule has 0 radical (unpaired) electrons. The van der Waals surface area contributed by atoms with Gasteiger partial charge in [0.2, 0.25) is 0 Å². The number of piperidine rings is 1. The molecule has 1 N–H and O–H groups in total. The Labute approximate surface area is 191 Å². The van der Waals surface area contributed by atoms with Gasteiger partial charge in [-0.3, -0.25) is 4.79 Å². The molecule has 2 saturated carbocycles. The number of fused-ring (bicyclic) bond motifs is 2. The van der Waals surface area contributed by atoms with Crippen molar-refractivity contribution < 1.29 is 19.4 Å². The molecular weight excluding hydrogens is 402 g/mol. The van der Waals surface area contributed by atoms with Crippen LogP contribution in [0.5, 0.6) is 0 Å². The predicted molar refractivity (Wildman–Crippen MR) is 121 cm³/mol. The summed E-state index contributed by atoms with van der Waals surface area (Å²) >= 11 is 0. The summed E-state index contributed by atoms with van der Waals surface area (Å²) in [4.78, 5) is 15.4. The number of nitrogens with zero attached hydrogens (tertiary/aromatic N) is 1. The highest BCUT2D eigenvalue weighted by atomic mass is 16.6. The first-order valence-electron chi connectivity index (χ1n) is 12.7. The van der Waals surface area contributed by atoms with Gasteiger partial charge in [0.15, 0.2) is 0 Å². The highest BCUT2D eigenvalue weighted by Gasteiger charge is 2.78. The lowest BCUT2D eigenvalue weighted by Gasteiger charge is -2.49. The largest absolute Gasteiger partial charge is 0.462 e. The number of ether oxygens (including phenoxy) is 2.